The van der Waals surface area contributed by atoms with Gasteiger partial charge in [-0.1, -0.05) is 12.1 Å². The van der Waals surface area contributed by atoms with E-state index in [1.165, 1.54) is 0 Å². The minimum absolute atomic E-state index is 0.128. The third kappa shape index (κ3) is 3.29. The Morgan fingerprint density at radius 3 is 2.60 bits per heavy atom. The number of anilines is 1. The molecular weight excluding hydrogens is 376 g/mol. The van der Waals surface area contributed by atoms with E-state index >= 15 is 0 Å². The van der Waals surface area contributed by atoms with Crippen LogP contribution in [0.5, 0.6) is 5.75 Å². The maximum Gasteiger partial charge on any atom is 0.256 e. The molecule has 30 heavy (non-hydrogen) atoms. The monoisotopic (exact) mass is 400 g/mol. The normalized spacial score (nSPS) is 15.1. The summed E-state index contributed by atoms with van der Waals surface area (Å²) < 4.78 is 5.62. The van der Waals surface area contributed by atoms with Crippen molar-refractivity contribution in [1.82, 2.24) is 14.9 Å². The fourth-order valence-electron chi connectivity index (χ4n) is 4.15. The second-order valence-corrected chi connectivity index (χ2v) is 7.85. The smallest absolute Gasteiger partial charge is 0.256 e. The van der Waals surface area contributed by atoms with Crippen LogP contribution in [0.3, 0.4) is 0 Å². The van der Waals surface area contributed by atoms with E-state index in [4.69, 9.17) is 4.74 Å². The number of methoxy groups -OCH3 is 1. The van der Waals surface area contributed by atoms with E-state index in [9.17, 15) is 4.79 Å². The van der Waals surface area contributed by atoms with Crippen LogP contribution in [0.25, 0.3) is 32.8 Å². The van der Waals surface area contributed by atoms with E-state index in [1.807, 2.05) is 42.6 Å². The molecule has 6 heteroatoms. The number of rotatable bonds is 3. The molecular formula is C24H24N4O2. The molecule has 5 rings (SSSR count). The highest BCUT2D eigenvalue weighted by Crippen LogP contribution is 2.32. The van der Waals surface area contributed by atoms with Gasteiger partial charge in [-0.3, -0.25) is 9.78 Å². The Bertz CT molecular complexity index is 1290. The van der Waals surface area contributed by atoms with E-state index in [-0.39, 0.29) is 5.56 Å². The number of benzene rings is 2. The summed E-state index contributed by atoms with van der Waals surface area (Å²) in [7, 11) is 3.79. The van der Waals surface area contributed by atoms with Crippen LogP contribution >= 0.6 is 0 Å². The van der Waals surface area contributed by atoms with Gasteiger partial charge in [-0.2, -0.15) is 0 Å². The Hall–Kier alpha value is -3.38. The van der Waals surface area contributed by atoms with Crippen molar-refractivity contribution in [3.63, 3.8) is 0 Å². The van der Waals surface area contributed by atoms with Gasteiger partial charge in [0.05, 0.1) is 12.6 Å². The number of pyridine rings is 2. The zero-order chi connectivity index (χ0) is 20.7. The lowest BCUT2D eigenvalue weighted by Gasteiger charge is -2.34. The van der Waals surface area contributed by atoms with Crippen LogP contribution in [-0.2, 0) is 0 Å². The molecule has 1 aliphatic heterocycles. The second kappa shape index (κ2) is 7.46. The molecule has 4 aromatic rings. The summed E-state index contributed by atoms with van der Waals surface area (Å²) in [4.78, 5) is 24.9. The van der Waals surface area contributed by atoms with Crippen molar-refractivity contribution in [2.24, 2.45) is 0 Å². The molecule has 1 fully saturated rings. The third-order valence-corrected chi connectivity index (χ3v) is 5.94. The molecule has 2 aromatic heterocycles. The number of ether oxygens (including phenoxy) is 1. The summed E-state index contributed by atoms with van der Waals surface area (Å²) in [6.45, 7) is 4.00. The predicted molar refractivity (Wildman–Crippen MR) is 122 cm³/mol. The van der Waals surface area contributed by atoms with Gasteiger partial charge in [-0.15, -0.1) is 0 Å². The van der Waals surface area contributed by atoms with Gasteiger partial charge in [0.1, 0.15) is 5.75 Å². The molecule has 1 aliphatic rings. The first-order chi connectivity index (χ1) is 14.6. The minimum Gasteiger partial charge on any atom is -0.494 e. The van der Waals surface area contributed by atoms with Crippen LogP contribution in [0.15, 0.2) is 59.7 Å². The highest BCUT2D eigenvalue weighted by molar-refractivity contribution is 5.93. The number of aromatic amines is 1. The average molecular weight is 400 g/mol. The number of H-pyrrole nitrogens is 1. The van der Waals surface area contributed by atoms with E-state index < -0.39 is 0 Å². The van der Waals surface area contributed by atoms with Gasteiger partial charge in [0.2, 0.25) is 0 Å². The van der Waals surface area contributed by atoms with Crippen LogP contribution in [0.4, 0.5) is 5.69 Å². The number of nitrogens with zero attached hydrogens (tertiary/aromatic N) is 3. The van der Waals surface area contributed by atoms with Crippen LogP contribution in [0.2, 0.25) is 0 Å². The molecule has 0 amide bonds. The van der Waals surface area contributed by atoms with Gasteiger partial charge >= 0.3 is 0 Å². The molecule has 0 bridgehead atoms. The Morgan fingerprint density at radius 1 is 0.967 bits per heavy atom. The Morgan fingerprint density at radius 2 is 1.80 bits per heavy atom. The largest absolute Gasteiger partial charge is 0.494 e. The van der Waals surface area contributed by atoms with Crippen LogP contribution in [-0.4, -0.2) is 55.2 Å². The van der Waals surface area contributed by atoms with E-state index in [0.29, 0.717) is 11.3 Å². The molecule has 3 heterocycles. The summed E-state index contributed by atoms with van der Waals surface area (Å²) in [5.41, 5.74) is 3.24. The molecule has 152 valence electrons. The number of aromatic nitrogens is 2. The number of nitrogens with one attached hydrogen (secondary N) is 1. The summed E-state index contributed by atoms with van der Waals surface area (Å²) in [6, 6.07) is 14.1. The van der Waals surface area contributed by atoms with Gasteiger partial charge in [0, 0.05) is 66.7 Å². The SMILES string of the molecule is COc1cc(N2CCN(C)CC2)cc2cc(-c3ccc4ccncc4c3)c(=O)[nH]c12. The van der Waals surface area contributed by atoms with Gasteiger partial charge in [-0.05, 0) is 42.3 Å². The van der Waals surface area contributed by atoms with E-state index in [2.05, 4.69) is 32.9 Å². The zero-order valence-corrected chi connectivity index (χ0v) is 17.2. The summed E-state index contributed by atoms with van der Waals surface area (Å²) in [6.07, 6.45) is 3.60. The molecule has 1 saturated heterocycles. The Kier molecular flexibility index (Phi) is 4.64. The second-order valence-electron chi connectivity index (χ2n) is 7.85. The zero-order valence-electron chi connectivity index (χ0n) is 17.2. The van der Waals surface area contributed by atoms with Crippen molar-refractivity contribution >= 4 is 27.4 Å². The molecule has 1 N–H and O–H groups in total. The molecule has 0 radical (unpaired) electrons. The molecule has 0 saturated carbocycles. The standard InChI is InChI=1S/C24H24N4O2/c1-27-7-9-28(10-8-27)20-12-18-13-21(24(29)26-23(18)22(14-20)30-2)17-4-3-16-5-6-25-15-19(16)11-17/h3-6,11-15H,7-10H2,1-2H3,(H,26,29). The van der Waals surface area contributed by atoms with Crippen LogP contribution < -0.4 is 15.2 Å². The van der Waals surface area contributed by atoms with E-state index in [0.717, 1.165) is 59.1 Å². The number of likely N-dealkylation sites (N-methyl/N-ethyl adjacent to an activating group) is 1. The number of hydrogen-bond acceptors (Lipinski definition) is 5. The first-order valence-electron chi connectivity index (χ1n) is 10.1. The average Bonchev–Trinajstić information content (AvgIpc) is 2.78. The van der Waals surface area contributed by atoms with Crippen LogP contribution in [0, 0.1) is 0 Å². The molecule has 0 aliphatic carbocycles. The fourth-order valence-corrected chi connectivity index (χ4v) is 4.15. The molecule has 0 spiro atoms. The highest BCUT2D eigenvalue weighted by atomic mass is 16.5. The fraction of sp³-hybridized carbons (Fsp3) is 0.250. The Labute approximate surface area is 174 Å². The minimum atomic E-state index is -0.128. The third-order valence-electron chi connectivity index (χ3n) is 5.94. The summed E-state index contributed by atoms with van der Waals surface area (Å²) >= 11 is 0. The number of hydrogen-bond donors (Lipinski definition) is 1. The summed E-state index contributed by atoms with van der Waals surface area (Å²) in [5, 5.41) is 3.08. The first-order valence-corrected chi connectivity index (χ1v) is 10.1. The molecule has 0 unspecified atom stereocenters. The lowest BCUT2D eigenvalue weighted by Crippen LogP contribution is -2.44. The van der Waals surface area contributed by atoms with Crippen molar-refractivity contribution < 1.29 is 4.74 Å². The van der Waals surface area contributed by atoms with Crippen molar-refractivity contribution in [2.45, 2.75) is 0 Å². The lowest BCUT2D eigenvalue weighted by molar-refractivity contribution is 0.312. The van der Waals surface area contributed by atoms with Gasteiger partial charge in [0.15, 0.2) is 0 Å². The van der Waals surface area contributed by atoms with Gasteiger partial charge < -0.3 is 19.5 Å². The van der Waals surface area contributed by atoms with Crippen molar-refractivity contribution in [3.8, 4) is 16.9 Å². The van der Waals surface area contributed by atoms with Gasteiger partial charge in [0.25, 0.3) is 5.56 Å². The van der Waals surface area contributed by atoms with Crippen LogP contribution in [0.1, 0.15) is 0 Å². The quantitative estimate of drug-likeness (QED) is 0.570. The van der Waals surface area contributed by atoms with Crippen molar-refractivity contribution in [3.05, 3.63) is 65.2 Å². The highest BCUT2D eigenvalue weighted by Gasteiger charge is 2.17. The van der Waals surface area contributed by atoms with Crippen molar-refractivity contribution in [1.29, 1.82) is 0 Å². The van der Waals surface area contributed by atoms with Crippen molar-refractivity contribution in [2.75, 3.05) is 45.2 Å². The predicted octanol–water partition coefficient (Wildman–Crippen LogP) is 3.50. The van der Waals surface area contributed by atoms with Gasteiger partial charge in [-0.25, -0.2) is 0 Å². The van der Waals surface area contributed by atoms with E-state index in [1.54, 1.807) is 13.3 Å². The Balaban J connectivity index is 1.64. The maximum atomic E-state index is 12.9. The first kappa shape index (κ1) is 18.6. The molecule has 2 aromatic carbocycles. The maximum absolute atomic E-state index is 12.9. The number of fused-ring (bicyclic) bond motifs is 2. The topological polar surface area (TPSA) is 61.5 Å². The lowest BCUT2D eigenvalue weighted by atomic mass is 10.0. The molecule has 0 atom stereocenters. The summed E-state index contributed by atoms with van der Waals surface area (Å²) in [5.74, 6) is 0.688. The molecule has 6 nitrogen and oxygen atoms in total. The number of piperazine rings is 1.